The molecule has 2 aromatic carbocycles. The molecule has 2 atom stereocenters. The van der Waals surface area contributed by atoms with Gasteiger partial charge in [-0.25, -0.2) is 4.79 Å². The van der Waals surface area contributed by atoms with Gasteiger partial charge in [-0.1, -0.05) is 49.2 Å². The van der Waals surface area contributed by atoms with Gasteiger partial charge in [0.05, 0.1) is 6.42 Å². The molecule has 1 aliphatic carbocycles. The number of carbonyl (C=O) groups excluding carboxylic acids is 2. The molecule has 0 spiro atoms. The summed E-state index contributed by atoms with van der Waals surface area (Å²) < 4.78 is 0. The number of carbonyl (C=O) groups is 3. The highest BCUT2D eigenvalue weighted by atomic mass is 35.5. The maximum absolute atomic E-state index is 13.4. The van der Waals surface area contributed by atoms with Gasteiger partial charge in [0.25, 0.3) is 5.91 Å². The van der Waals surface area contributed by atoms with Gasteiger partial charge >= 0.3 is 12.0 Å². The molecule has 3 rings (SSSR count). The summed E-state index contributed by atoms with van der Waals surface area (Å²) in [5.74, 6) is -0.279. The minimum Gasteiger partial charge on any atom is -0.481 e. The largest absolute Gasteiger partial charge is 0.481 e. The van der Waals surface area contributed by atoms with Crippen LogP contribution >= 0.6 is 23.2 Å². The molecular weight excluding hydrogens is 489 g/mol. The Bertz CT molecular complexity index is 1030. The number of halogens is 2. The zero-order valence-corrected chi connectivity index (χ0v) is 21.4. The second-order valence-corrected chi connectivity index (χ2v) is 10.3. The molecular formula is C26H31Cl2N3O4. The van der Waals surface area contributed by atoms with E-state index in [1.165, 1.54) is 0 Å². The molecule has 1 aliphatic rings. The van der Waals surface area contributed by atoms with Gasteiger partial charge in [-0.05, 0) is 67.0 Å². The molecule has 188 valence electrons. The molecule has 0 saturated heterocycles. The maximum atomic E-state index is 13.4. The Kier molecular flexibility index (Phi) is 9.40. The summed E-state index contributed by atoms with van der Waals surface area (Å²) in [6.07, 6.45) is 2.84. The van der Waals surface area contributed by atoms with E-state index in [2.05, 4.69) is 24.5 Å². The lowest BCUT2D eigenvalue weighted by Gasteiger charge is -2.39. The van der Waals surface area contributed by atoms with E-state index in [-0.39, 0.29) is 30.9 Å². The van der Waals surface area contributed by atoms with Crippen molar-refractivity contribution >= 4 is 46.8 Å². The van der Waals surface area contributed by atoms with Crippen molar-refractivity contribution in [2.45, 2.75) is 52.1 Å². The summed E-state index contributed by atoms with van der Waals surface area (Å²) in [5.41, 5.74) is 1.85. The van der Waals surface area contributed by atoms with Crippen molar-refractivity contribution in [3.05, 3.63) is 63.6 Å². The van der Waals surface area contributed by atoms with Crippen molar-refractivity contribution < 1.29 is 19.5 Å². The van der Waals surface area contributed by atoms with Crippen molar-refractivity contribution in [3.63, 3.8) is 0 Å². The minimum absolute atomic E-state index is 0.0649. The number of hydrogen-bond donors (Lipinski definition) is 3. The lowest BCUT2D eigenvalue weighted by molar-refractivity contribution is -0.136. The van der Waals surface area contributed by atoms with Crippen molar-refractivity contribution in [1.29, 1.82) is 0 Å². The van der Waals surface area contributed by atoms with Crippen LogP contribution in [0.1, 0.15) is 55.5 Å². The number of nitrogens with one attached hydrogen (secondary N) is 2. The molecule has 35 heavy (non-hydrogen) atoms. The van der Waals surface area contributed by atoms with Gasteiger partial charge in [-0.15, -0.1) is 0 Å². The highest BCUT2D eigenvalue weighted by molar-refractivity contribution is 6.35. The molecule has 3 N–H and O–H groups in total. The normalized spacial score (nSPS) is 19.6. The highest BCUT2D eigenvalue weighted by Gasteiger charge is 2.31. The number of nitrogens with zero attached hydrogens (tertiary/aromatic N) is 1. The Hall–Kier alpha value is -2.77. The van der Waals surface area contributed by atoms with Crippen LogP contribution in [-0.4, -0.2) is 40.5 Å². The molecule has 0 heterocycles. The van der Waals surface area contributed by atoms with Crippen LogP contribution in [0.25, 0.3) is 0 Å². The molecule has 1 fully saturated rings. The van der Waals surface area contributed by atoms with E-state index in [1.54, 1.807) is 30.3 Å². The molecule has 2 aromatic rings. The van der Waals surface area contributed by atoms with Crippen molar-refractivity contribution in [1.82, 2.24) is 10.2 Å². The van der Waals surface area contributed by atoms with Crippen LogP contribution in [0.4, 0.5) is 10.5 Å². The first kappa shape index (κ1) is 26.8. The molecule has 3 amide bonds. The number of carboxylic acid groups (broad SMARTS) is 1. The Morgan fingerprint density at radius 3 is 2.14 bits per heavy atom. The van der Waals surface area contributed by atoms with E-state index in [9.17, 15) is 14.4 Å². The highest BCUT2D eigenvalue weighted by Crippen LogP contribution is 2.33. The first-order valence-corrected chi connectivity index (χ1v) is 12.5. The smallest absolute Gasteiger partial charge is 0.322 e. The molecule has 0 bridgehead atoms. The third-order valence-electron chi connectivity index (χ3n) is 6.16. The number of carboxylic acids is 1. The summed E-state index contributed by atoms with van der Waals surface area (Å²) in [6.45, 7) is 4.88. The lowest BCUT2D eigenvalue weighted by atomic mass is 9.80. The summed E-state index contributed by atoms with van der Waals surface area (Å²) in [4.78, 5) is 38.2. The van der Waals surface area contributed by atoms with Gasteiger partial charge in [0, 0.05) is 40.4 Å². The fourth-order valence-electron chi connectivity index (χ4n) is 4.69. The Labute approximate surface area is 215 Å². The minimum atomic E-state index is -0.967. The van der Waals surface area contributed by atoms with Crippen LogP contribution in [0.2, 0.25) is 10.0 Å². The monoisotopic (exact) mass is 519 g/mol. The van der Waals surface area contributed by atoms with Gasteiger partial charge in [0.1, 0.15) is 0 Å². The fourth-order valence-corrected chi connectivity index (χ4v) is 5.22. The molecule has 0 aliphatic heterocycles. The molecule has 9 heteroatoms. The first-order chi connectivity index (χ1) is 16.6. The standard InChI is InChI=1S/C26H31Cl2N3O4/c1-16-9-17(2)11-23(10-16)31(26(35)30-22-13-20(27)12-21(28)14-22)15-18-3-5-19(6-4-18)25(34)29-8-7-24(32)33/h3-6,12-14,16-17,23H,7-11,15H2,1-2H3,(H,29,34)(H,30,35)(H,32,33). The van der Waals surface area contributed by atoms with Gasteiger partial charge in [0.15, 0.2) is 0 Å². The number of amides is 3. The molecule has 0 aromatic heterocycles. The second kappa shape index (κ2) is 12.3. The third kappa shape index (κ3) is 8.15. The lowest BCUT2D eigenvalue weighted by Crippen LogP contribution is -2.45. The van der Waals surface area contributed by atoms with E-state index in [1.807, 2.05) is 17.0 Å². The predicted molar refractivity (Wildman–Crippen MR) is 138 cm³/mol. The van der Waals surface area contributed by atoms with Crippen LogP contribution in [0.5, 0.6) is 0 Å². The average Bonchev–Trinajstić information content (AvgIpc) is 2.76. The number of urea groups is 1. The van der Waals surface area contributed by atoms with Crippen LogP contribution in [0.15, 0.2) is 42.5 Å². The van der Waals surface area contributed by atoms with Crippen LogP contribution in [-0.2, 0) is 11.3 Å². The Balaban J connectivity index is 1.75. The van der Waals surface area contributed by atoms with Gasteiger partial charge in [-0.2, -0.15) is 0 Å². The van der Waals surface area contributed by atoms with E-state index >= 15 is 0 Å². The molecule has 2 unspecified atom stereocenters. The maximum Gasteiger partial charge on any atom is 0.322 e. The fraction of sp³-hybridized carbons (Fsp3) is 0.423. The van der Waals surface area contributed by atoms with Crippen LogP contribution in [0, 0.1) is 11.8 Å². The van der Waals surface area contributed by atoms with Gasteiger partial charge in [0.2, 0.25) is 0 Å². The average molecular weight is 520 g/mol. The van der Waals surface area contributed by atoms with Crippen molar-refractivity contribution in [3.8, 4) is 0 Å². The summed E-state index contributed by atoms with van der Waals surface area (Å²) in [6, 6.07) is 11.8. The molecule has 7 nitrogen and oxygen atoms in total. The van der Waals surface area contributed by atoms with E-state index in [0.717, 1.165) is 24.8 Å². The zero-order valence-electron chi connectivity index (χ0n) is 19.9. The number of anilines is 1. The van der Waals surface area contributed by atoms with E-state index < -0.39 is 5.97 Å². The van der Waals surface area contributed by atoms with E-state index in [0.29, 0.717) is 39.7 Å². The van der Waals surface area contributed by atoms with Crippen molar-refractivity contribution in [2.24, 2.45) is 11.8 Å². The van der Waals surface area contributed by atoms with Crippen molar-refractivity contribution in [2.75, 3.05) is 11.9 Å². The number of hydrogen-bond acceptors (Lipinski definition) is 3. The topological polar surface area (TPSA) is 98.7 Å². The van der Waals surface area contributed by atoms with Gasteiger partial charge < -0.3 is 20.6 Å². The summed E-state index contributed by atoms with van der Waals surface area (Å²) in [5, 5.41) is 15.1. The third-order valence-corrected chi connectivity index (χ3v) is 6.60. The quantitative estimate of drug-likeness (QED) is 0.394. The first-order valence-electron chi connectivity index (χ1n) is 11.7. The summed E-state index contributed by atoms with van der Waals surface area (Å²) >= 11 is 12.2. The van der Waals surface area contributed by atoms with Gasteiger partial charge in [-0.3, -0.25) is 9.59 Å². The Morgan fingerprint density at radius 1 is 0.971 bits per heavy atom. The Morgan fingerprint density at radius 2 is 1.57 bits per heavy atom. The second-order valence-electron chi connectivity index (χ2n) is 9.38. The number of rotatable bonds is 8. The zero-order chi connectivity index (χ0) is 25.5. The predicted octanol–water partition coefficient (Wildman–Crippen LogP) is 6.06. The molecule has 1 saturated carbocycles. The summed E-state index contributed by atoms with van der Waals surface area (Å²) in [7, 11) is 0. The number of benzene rings is 2. The number of aliphatic carboxylic acids is 1. The van der Waals surface area contributed by atoms with Crippen LogP contribution < -0.4 is 10.6 Å². The van der Waals surface area contributed by atoms with E-state index in [4.69, 9.17) is 28.3 Å². The van der Waals surface area contributed by atoms with Crippen LogP contribution in [0.3, 0.4) is 0 Å². The molecule has 0 radical (unpaired) electrons. The SMILES string of the molecule is CC1CC(C)CC(N(Cc2ccc(C(=O)NCCC(=O)O)cc2)C(=O)Nc2cc(Cl)cc(Cl)c2)C1.